The predicted molar refractivity (Wildman–Crippen MR) is 74.5 cm³/mol. The molecule has 1 aliphatic heterocycles. The molecule has 1 unspecified atom stereocenters. The van der Waals surface area contributed by atoms with Crippen molar-refractivity contribution >= 4 is 5.84 Å². The molecule has 2 heteroatoms. The van der Waals surface area contributed by atoms with E-state index in [-0.39, 0.29) is 0 Å². The van der Waals surface area contributed by atoms with Gasteiger partial charge in [0.2, 0.25) is 0 Å². The number of aliphatic imine (C=N–C) groups is 1. The Morgan fingerprint density at radius 1 is 1.29 bits per heavy atom. The molecule has 1 heterocycles. The summed E-state index contributed by atoms with van der Waals surface area (Å²) in [6.07, 6.45) is 13.1. The minimum absolute atomic E-state index is 0.670. The van der Waals surface area contributed by atoms with Gasteiger partial charge in [-0.1, -0.05) is 32.3 Å². The number of rotatable bonds is 4. The summed E-state index contributed by atoms with van der Waals surface area (Å²) in [5.74, 6) is 2.18. The lowest BCUT2D eigenvalue weighted by Crippen LogP contribution is -2.40. The number of allylic oxidation sites excluding steroid dienone is 1. The van der Waals surface area contributed by atoms with Gasteiger partial charge in [-0.05, 0) is 43.6 Å². The monoisotopic (exact) mass is 234 g/mol. The van der Waals surface area contributed by atoms with Crippen molar-refractivity contribution in [3.63, 3.8) is 0 Å². The van der Waals surface area contributed by atoms with Crippen LogP contribution in [0.2, 0.25) is 0 Å². The van der Waals surface area contributed by atoms with Crippen molar-refractivity contribution in [2.75, 3.05) is 7.05 Å². The zero-order chi connectivity index (χ0) is 12.1. The quantitative estimate of drug-likeness (QED) is 0.788. The third kappa shape index (κ3) is 3.34. The molecule has 0 bridgehead atoms. The van der Waals surface area contributed by atoms with Crippen LogP contribution < -0.4 is 5.32 Å². The number of nitrogens with zero attached hydrogens (tertiary/aromatic N) is 1. The van der Waals surface area contributed by atoms with E-state index < -0.39 is 0 Å². The van der Waals surface area contributed by atoms with Crippen LogP contribution in [0.5, 0.6) is 0 Å². The minimum atomic E-state index is 0.670. The van der Waals surface area contributed by atoms with Gasteiger partial charge in [0.15, 0.2) is 0 Å². The molecule has 1 atom stereocenters. The maximum atomic E-state index is 4.40. The summed E-state index contributed by atoms with van der Waals surface area (Å²) >= 11 is 0. The van der Waals surface area contributed by atoms with E-state index in [1.807, 2.05) is 7.05 Å². The molecule has 0 aromatic carbocycles. The van der Waals surface area contributed by atoms with E-state index in [2.05, 4.69) is 23.3 Å². The molecule has 1 saturated heterocycles. The molecule has 0 aromatic rings. The summed E-state index contributed by atoms with van der Waals surface area (Å²) in [5, 5.41) is 3.62. The SMILES string of the molecule is CC/C=C1/CCC(CCC2CCC2)NC1=NC. The lowest BCUT2D eigenvalue weighted by Gasteiger charge is -2.31. The summed E-state index contributed by atoms with van der Waals surface area (Å²) in [6.45, 7) is 2.20. The standard InChI is InChI=1S/C15H26N2/c1-3-5-13-9-11-14(17-15(13)16-2)10-8-12-6-4-7-12/h5,12,14H,3-4,6-11H2,1-2H3,(H,16,17)/b13-5-. The van der Waals surface area contributed by atoms with Crippen LogP contribution in [-0.4, -0.2) is 18.9 Å². The summed E-state index contributed by atoms with van der Waals surface area (Å²) in [7, 11) is 1.90. The zero-order valence-electron chi connectivity index (χ0n) is 11.3. The van der Waals surface area contributed by atoms with Gasteiger partial charge in [-0.3, -0.25) is 4.99 Å². The highest BCUT2D eigenvalue weighted by Gasteiger charge is 2.23. The number of hydrogen-bond acceptors (Lipinski definition) is 1. The van der Waals surface area contributed by atoms with Crippen molar-refractivity contribution in [1.29, 1.82) is 0 Å². The van der Waals surface area contributed by atoms with E-state index in [0.717, 1.165) is 18.2 Å². The van der Waals surface area contributed by atoms with Crippen LogP contribution in [0.1, 0.15) is 58.3 Å². The zero-order valence-corrected chi connectivity index (χ0v) is 11.3. The Bertz CT molecular complexity index is 300. The van der Waals surface area contributed by atoms with Gasteiger partial charge in [0.25, 0.3) is 0 Å². The van der Waals surface area contributed by atoms with Crippen LogP contribution in [-0.2, 0) is 0 Å². The topological polar surface area (TPSA) is 24.4 Å². The van der Waals surface area contributed by atoms with E-state index >= 15 is 0 Å². The molecular weight excluding hydrogens is 208 g/mol. The highest BCUT2D eigenvalue weighted by atomic mass is 15.0. The van der Waals surface area contributed by atoms with Crippen LogP contribution in [0.3, 0.4) is 0 Å². The molecule has 2 fully saturated rings. The van der Waals surface area contributed by atoms with Crippen molar-refractivity contribution in [2.45, 2.75) is 64.3 Å². The van der Waals surface area contributed by atoms with Gasteiger partial charge < -0.3 is 5.32 Å². The largest absolute Gasteiger partial charge is 0.367 e. The molecule has 96 valence electrons. The number of hydrogen-bond donors (Lipinski definition) is 1. The lowest BCUT2D eigenvalue weighted by atomic mass is 9.80. The van der Waals surface area contributed by atoms with Crippen LogP contribution in [0, 0.1) is 5.92 Å². The van der Waals surface area contributed by atoms with Crippen LogP contribution in [0.15, 0.2) is 16.6 Å². The first-order valence-corrected chi connectivity index (χ1v) is 7.26. The minimum Gasteiger partial charge on any atom is -0.367 e. The van der Waals surface area contributed by atoms with Crippen molar-refractivity contribution < 1.29 is 0 Å². The fourth-order valence-corrected chi connectivity index (χ4v) is 2.89. The molecule has 0 aromatic heterocycles. The van der Waals surface area contributed by atoms with Gasteiger partial charge in [0.1, 0.15) is 5.84 Å². The number of amidine groups is 1. The fraction of sp³-hybridized carbons (Fsp3) is 0.800. The second-order valence-electron chi connectivity index (χ2n) is 5.46. The van der Waals surface area contributed by atoms with Crippen LogP contribution in [0.25, 0.3) is 0 Å². The molecule has 2 aliphatic rings. The fourth-order valence-electron chi connectivity index (χ4n) is 2.89. The Hall–Kier alpha value is -0.790. The maximum Gasteiger partial charge on any atom is 0.123 e. The Balaban J connectivity index is 1.81. The molecule has 2 nitrogen and oxygen atoms in total. The summed E-state index contributed by atoms with van der Waals surface area (Å²) in [6, 6.07) is 0.670. The lowest BCUT2D eigenvalue weighted by molar-refractivity contribution is 0.275. The van der Waals surface area contributed by atoms with Crippen LogP contribution >= 0.6 is 0 Å². The van der Waals surface area contributed by atoms with E-state index in [1.165, 1.54) is 50.5 Å². The van der Waals surface area contributed by atoms with E-state index in [0.29, 0.717) is 6.04 Å². The maximum absolute atomic E-state index is 4.40. The molecule has 1 N–H and O–H groups in total. The van der Waals surface area contributed by atoms with Gasteiger partial charge in [0.05, 0.1) is 0 Å². The van der Waals surface area contributed by atoms with Gasteiger partial charge in [-0.15, -0.1) is 0 Å². The van der Waals surface area contributed by atoms with Crippen molar-refractivity contribution in [3.05, 3.63) is 11.6 Å². The first-order chi connectivity index (χ1) is 8.33. The number of nitrogens with one attached hydrogen (secondary N) is 1. The molecule has 0 amide bonds. The van der Waals surface area contributed by atoms with Crippen molar-refractivity contribution in [3.8, 4) is 0 Å². The third-order valence-electron chi connectivity index (χ3n) is 4.23. The molecule has 1 aliphatic carbocycles. The van der Waals surface area contributed by atoms with E-state index in [1.54, 1.807) is 0 Å². The second-order valence-corrected chi connectivity index (χ2v) is 5.46. The highest BCUT2D eigenvalue weighted by molar-refractivity contribution is 5.99. The van der Waals surface area contributed by atoms with Gasteiger partial charge in [-0.2, -0.15) is 0 Å². The molecule has 2 rings (SSSR count). The van der Waals surface area contributed by atoms with E-state index in [4.69, 9.17) is 0 Å². The molecule has 17 heavy (non-hydrogen) atoms. The van der Waals surface area contributed by atoms with Crippen molar-refractivity contribution in [2.24, 2.45) is 10.9 Å². The third-order valence-corrected chi connectivity index (χ3v) is 4.23. The first kappa shape index (κ1) is 12.7. The Kier molecular flexibility index (Phi) is 4.64. The van der Waals surface area contributed by atoms with Crippen molar-refractivity contribution in [1.82, 2.24) is 5.32 Å². The second kappa shape index (κ2) is 6.23. The normalized spacial score (nSPS) is 30.4. The number of piperidine rings is 1. The summed E-state index contributed by atoms with van der Waals surface area (Å²) in [5.41, 5.74) is 1.43. The Morgan fingerprint density at radius 2 is 2.12 bits per heavy atom. The Labute approximate surface area is 106 Å². The van der Waals surface area contributed by atoms with Gasteiger partial charge in [0, 0.05) is 13.1 Å². The first-order valence-electron chi connectivity index (χ1n) is 7.26. The summed E-state index contributed by atoms with van der Waals surface area (Å²) in [4.78, 5) is 4.40. The van der Waals surface area contributed by atoms with E-state index in [9.17, 15) is 0 Å². The van der Waals surface area contributed by atoms with Gasteiger partial charge in [-0.25, -0.2) is 0 Å². The molecule has 0 spiro atoms. The predicted octanol–water partition coefficient (Wildman–Crippen LogP) is 3.68. The summed E-state index contributed by atoms with van der Waals surface area (Å²) < 4.78 is 0. The molecular formula is C15H26N2. The molecule has 1 saturated carbocycles. The molecule has 0 radical (unpaired) electrons. The Morgan fingerprint density at radius 3 is 2.71 bits per heavy atom. The van der Waals surface area contributed by atoms with Gasteiger partial charge >= 0.3 is 0 Å². The highest BCUT2D eigenvalue weighted by Crippen LogP contribution is 2.32. The average Bonchev–Trinajstić information content (AvgIpc) is 2.29. The smallest absolute Gasteiger partial charge is 0.123 e. The average molecular weight is 234 g/mol. The van der Waals surface area contributed by atoms with Crippen LogP contribution in [0.4, 0.5) is 0 Å².